The average molecular weight is 285 g/mol. The summed E-state index contributed by atoms with van der Waals surface area (Å²) in [6.45, 7) is -0.470. The lowest BCUT2D eigenvalue weighted by Crippen LogP contribution is -2.09. The van der Waals surface area contributed by atoms with Crippen LogP contribution in [-0.2, 0) is 4.79 Å². The second-order valence-corrected chi connectivity index (χ2v) is 4.01. The minimum atomic E-state index is -1.09. The summed E-state index contributed by atoms with van der Waals surface area (Å²) in [4.78, 5) is 18.2. The number of ether oxygens (including phenoxy) is 1. The molecule has 0 saturated carbocycles. The topological polar surface area (TPSA) is 148 Å². The number of rotatable bonds is 4. The van der Waals surface area contributed by atoms with E-state index in [0.717, 1.165) is 0 Å². The van der Waals surface area contributed by atoms with E-state index in [-0.39, 0.29) is 23.0 Å². The van der Waals surface area contributed by atoms with Crippen LogP contribution < -0.4 is 16.2 Å². The molecule has 0 fully saturated rings. The Balaban J connectivity index is 2.45. The van der Waals surface area contributed by atoms with Gasteiger partial charge in [-0.3, -0.25) is 0 Å². The predicted molar refractivity (Wildman–Crippen MR) is 74.1 cm³/mol. The number of hydrogen-bond acceptors (Lipinski definition) is 7. The molecule has 8 nitrogen and oxygen atoms in total. The van der Waals surface area contributed by atoms with Crippen molar-refractivity contribution in [1.82, 2.24) is 9.97 Å². The minimum absolute atomic E-state index is 0.0168. The van der Waals surface area contributed by atoms with Crippen LogP contribution in [-0.4, -0.2) is 27.7 Å². The van der Waals surface area contributed by atoms with Crippen molar-refractivity contribution < 1.29 is 14.6 Å². The van der Waals surface area contributed by atoms with Crippen LogP contribution in [0.5, 0.6) is 5.75 Å². The maximum atomic E-state index is 10.5. The number of hydrogen-bond donors (Lipinski definition) is 3. The highest BCUT2D eigenvalue weighted by molar-refractivity contribution is 5.74. The molecule has 21 heavy (non-hydrogen) atoms. The molecular formula is C13H11N5O3. The Morgan fingerprint density at radius 2 is 2.14 bits per heavy atom. The van der Waals surface area contributed by atoms with E-state index in [1.54, 1.807) is 24.3 Å². The van der Waals surface area contributed by atoms with Gasteiger partial charge in [-0.05, 0) is 12.1 Å². The molecule has 2 rings (SSSR count). The number of aromatic nitrogens is 2. The van der Waals surface area contributed by atoms with E-state index in [4.69, 9.17) is 26.6 Å². The van der Waals surface area contributed by atoms with Crippen molar-refractivity contribution in [3.05, 3.63) is 29.8 Å². The fourth-order valence-electron chi connectivity index (χ4n) is 1.69. The maximum Gasteiger partial charge on any atom is 0.341 e. The van der Waals surface area contributed by atoms with Crippen molar-refractivity contribution in [2.45, 2.75) is 0 Å². The summed E-state index contributed by atoms with van der Waals surface area (Å²) in [5.74, 6) is -0.835. The Morgan fingerprint density at radius 3 is 2.81 bits per heavy atom. The number of anilines is 2. The lowest BCUT2D eigenvalue weighted by molar-refractivity contribution is -0.139. The number of nitrogens with zero attached hydrogens (tertiary/aromatic N) is 3. The highest BCUT2D eigenvalue weighted by Gasteiger charge is 2.13. The van der Waals surface area contributed by atoms with Gasteiger partial charge in [-0.25, -0.2) is 9.78 Å². The van der Waals surface area contributed by atoms with Crippen LogP contribution in [0.4, 0.5) is 11.8 Å². The van der Waals surface area contributed by atoms with E-state index < -0.39 is 12.6 Å². The average Bonchev–Trinajstić information content (AvgIpc) is 2.44. The third-order valence-corrected chi connectivity index (χ3v) is 2.54. The van der Waals surface area contributed by atoms with Crippen molar-refractivity contribution >= 4 is 17.7 Å². The van der Waals surface area contributed by atoms with Gasteiger partial charge in [0.2, 0.25) is 5.95 Å². The molecule has 1 heterocycles. The lowest BCUT2D eigenvalue weighted by Gasteiger charge is -2.08. The Hall–Kier alpha value is -3.34. The van der Waals surface area contributed by atoms with Crippen LogP contribution >= 0.6 is 0 Å². The van der Waals surface area contributed by atoms with Crippen LogP contribution in [0.1, 0.15) is 5.56 Å². The first kappa shape index (κ1) is 14.1. The summed E-state index contributed by atoms with van der Waals surface area (Å²) in [5, 5.41) is 17.7. The smallest absolute Gasteiger partial charge is 0.341 e. The van der Waals surface area contributed by atoms with E-state index in [1.165, 1.54) is 0 Å². The zero-order valence-electron chi connectivity index (χ0n) is 10.8. The molecule has 0 bridgehead atoms. The molecule has 2 aromatic rings. The van der Waals surface area contributed by atoms with Crippen LogP contribution in [0.25, 0.3) is 11.3 Å². The normalized spacial score (nSPS) is 9.86. The van der Waals surface area contributed by atoms with Gasteiger partial charge in [-0.2, -0.15) is 10.2 Å². The van der Waals surface area contributed by atoms with Gasteiger partial charge < -0.3 is 21.3 Å². The summed E-state index contributed by atoms with van der Waals surface area (Å²) < 4.78 is 5.08. The van der Waals surface area contributed by atoms with Gasteiger partial charge in [0, 0.05) is 5.56 Å². The SMILES string of the molecule is N#Cc1c(N)nc(N)nc1-c1cccc(OCC(=O)O)c1. The fraction of sp³-hybridized carbons (Fsp3) is 0.0769. The second-order valence-electron chi connectivity index (χ2n) is 4.01. The summed E-state index contributed by atoms with van der Waals surface area (Å²) in [7, 11) is 0. The van der Waals surface area contributed by atoms with E-state index in [2.05, 4.69) is 9.97 Å². The molecule has 0 saturated heterocycles. The number of benzene rings is 1. The number of nitrogens with two attached hydrogens (primary N) is 2. The molecule has 0 aliphatic carbocycles. The van der Waals surface area contributed by atoms with Crippen LogP contribution in [0, 0.1) is 11.3 Å². The number of carboxylic acids is 1. The summed E-state index contributed by atoms with van der Waals surface area (Å²) in [5.41, 5.74) is 12.1. The van der Waals surface area contributed by atoms with E-state index >= 15 is 0 Å². The Bertz CT molecular complexity index is 739. The molecule has 1 aromatic heterocycles. The van der Waals surface area contributed by atoms with Crippen molar-refractivity contribution in [3.8, 4) is 23.1 Å². The molecule has 0 spiro atoms. The number of aliphatic carboxylic acids is 1. The first-order valence-electron chi connectivity index (χ1n) is 5.79. The van der Waals surface area contributed by atoms with E-state index in [9.17, 15) is 4.79 Å². The van der Waals surface area contributed by atoms with Crippen molar-refractivity contribution in [3.63, 3.8) is 0 Å². The molecule has 0 unspecified atom stereocenters. The quantitative estimate of drug-likeness (QED) is 0.741. The molecule has 8 heteroatoms. The third-order valence-electron chi connectivity index (χ3n) is 2.54. The molecule has 106 valence electrons. The second kappa shape index (κ2) is 5.75. The summed E-state index contributed by atoms with van der Waals surface area (Å²) in [6.07, 6.45) is 0. The molecule has 0 radical (unpaired) electrons. The van der Waals surface area contributed by atoms with Gasteiger partial charge in [0.15, 0.2) is 6.61 Å². The fourth-order valence-corrected chi connectivity index (χ4v) is 1.69. The van der Waals surface area contributed by atoms with Gasteiger partial charge in [0.25, 0.3) is 0 Å². The van der Waals surface area contributed by atoms with Gasteiger partial charge in [-0.15, -0.1) is 0 Å². The zero-order valence-corrected chi connectivity index (χ0v) is 10.8. The van der Waals surface area contributed by atoms with Crippen LogP contribution in [0.3, 0.4) is 0 Å². The molecule has 5 N–H and O–H groups in total. The monoisotopic (exact) mass is 285 g/mol. The highest BCUT2D eigenvalue weighted by atomic mass is 16.5. The van der Waals surface area contributed by atoms with E-state index in [1.807, 2.05) is 6.07 Å². The Labute approximate surface area is 119 Å². The van der Waals surface area contributed by atoms with Crippen molar-refractivity contribution in [2.75, 3.05) is 18.1 Å². The van der Waals surface area contributed by atoms with Gasteiger partial charge in [-0.1, -0.05) is 12.1 Å². The Morgan fingerprint density at radius 1 is 1.38 bits per heavy atom. The van der Waals surface area contributed by atoms with Gasteiger partial charge in [0.1, 0.15) is 23.2 Å². The zero-order chi connectivity index (χ0) is 15.4. The number of nitriles is 1. The maximum absolute atomic E-state index is 10.5. The first-order chi connectivity index (χ1) is 10.0. The van der Waals surface area contributed by atoms with Gasteiger partial charge >= 0.3 is 5.97 Å². The number of carboxylic acid groups (broad SMARTS) is 1. The van der Waals surface area contributed by atoms with E-state index in [0.29, 0.717) is 11.3 Å². The van der Waals surface area contributed by atoms with Crippen LogP contribution in [0.15, 0.2) is 24.3 Å². The van der Waals surface area contributed by atoms with Crippen LogP contribution in [0.2, 0.25) is 0 Å². The summed E-state index contributed by atoms with van der Waals surface area (Å²) in [6, 6.07) is 8.37. The van der Waals surface area contributed by atoms with Gasteiger partial charge in [0.05, 0.1) is 5.69 Å². The first-order valence-corrected chi connectivity index (χ1v) is 5.79. The number of carbonyl (C=O) groups is 1. The molecule has 0 aliphatic rings. The summed E-state index contributed by atoms with van der Waals surface area (Å²) >= 11 is 0. The molecule has 0 atom stereocenters. The van der Waals surface area contributed by atoms with Crippen molar-refractivity contribution in [1.29, 1.82) is 5.26 Å². The lowest BCUT2D eigenvalue weighted by atomic mass is 10.1. The predicted octanol–water partition coefficient (Wildman–Crippen LogP) is 0.643. The molecule has 0 aliphatic heterocycles. The molecule has 1 aromatic carbocycles. The minimum Gasteiger partial charge on any atom is -0.482 e. The number of nitrogen functional groups attached to an aromatic ring is 2. The standard InChI is InChI=1S/C13H11N5O3/c14-5-9-11(17-13(16)18-12(9)15)7-2-1-3-8(4-7)21-6-10(19)20/h1-4H,6H2,(H,19,20)(H4,15,16,17,18). The third kappa shape index (κ3) is 3.16. The molecule has 0 amide bonds. The van der Waals surface area contributed by atoms with Crippen molar-refractivity contribution in [2.24, 2.45) is 0 Å². The largest absolute Gasteiger partial charge is 0.482 e. The molecular weight excluding hydrogens is 274 g/mol. The highest BCUT2D eigenvalue weighted by Crippen LogP contribution is 2.27. The Kier molecular flexibility index (Phi) is 3.85.